The van der Waals surface area contributed by atoms with E-state index < -0.39 is 0 Å². The van der Waals surface area contributed by atoms with Crippen molar-refractivity contribution in [3.05, 3.63) is 78.5 Å². The fraction of sp³-hybridized carbons (Fsp3) is 0.136. The van der Waals surface area contributed by atoms with Gasteiger partial charge in [-0.05, 0) is 37.6 Å². The van der Waals surface area contributed by atoms with E-state index in [1.807, 2.05) is 91.2 Å². The second kappa shape index (κ2) is 7.41. The highest BCUT2D eigenvalue weighted by atomic mass is 16.5. The second-order valence-corrected chi connectivity index (χ2v) is 6.14. The van der Waals surface area contributed by atoms with E-state index in [0.29, 0.717) is 18.1 Å². The Labute approximate surface area is 158 Å². The van der Waals surface area contributed by atoms with Gasteiger partial charge in [-0.2, -0.15) is 0 Å². The average molecular weight is 356 g/mol. The van der Waals surface area contributed by atoms with Crippen LogP contribution in [0.15, 0.2) is 83.2 Å². The standard InChI is InChI=1S/C22H20N4O/c1-3-27-19-14-8-7-13-18(19)24-25-22-20(17-11-5-4-6-12-17)23-21-16(2)10-9-15-26(21)22/h4-15H,3H2,1-2H3. The summed E-state index contributed by atoms with van der Waals surface area (Å²) in [5.74, 6) is 1.42. The van der Waals surface area contributed by atoms with Crippen molar-refractivity contribution >= 4 is 17.2 Å². The number of benzene rings is 2. The molecular weight excluding hydrogens is 336 g/mol. The Morgan fingerprint density at radius 1 is 0.926 bits per heavy atom. The Bertz CT molecular complexity index is 1100. The molecule has 0 unspecified atom stereocenters. The summed E-state index contributed by atoms with van der Waals surface area (Å²) < 4.78 is 7.63. The zero-order valence-corrected chi connectivity index (χ0v) is 15.3. The molecule has 0 aliphatic carbocycles. The van der Waals surface area contributed by atoms with Crippen LogP contribution in [0.2, 0.25) is 0 Å². The van der Waals surface area contributed by atoms with E-state index in [1.165, 1.54) is 0 Å². The third-order valence-corrected chi connectivity index (χ3v) is 4.28. The molecule has 4 rings (SSSR count). The number of aryl methyl sites for hydroxylation is 1. The molecule has 5 nitrogen and oxygen atoms in total. The molecule has 0 N–H and O–H groups in total. The number of hydrogen-bond acceptors (Lipinski definition) is 4. The van der Waals surface area contributed by atoms with Crippen molar-refractivity contribution < 1.29 is 4.74 Å². The molecule has 27 heavy (non-hydrogen) atoms. The molecule has 0 fully saturated rings. The largest absolute Gasteiger partial charge is 0.492 e. The van der Waals surface area contributed by atoms with E-state index in [-0.39, 0.29) is 0 Å². The van der Waals surface area contributed by atoms with Gasteiger partial charge in [0.05, 0.1) is 6.61 Å². The van der Waals surface area contributed by atoms with Gasteiger partial charge < -0.3 is 4.74 Å². The van der Waals surface area contributed by atoms with Crippen molar-refractivity contribution in [2.24, 2.45) is 10.2 Å². The van der Waals surface area contributed by atoms with Gasteiger partial charge in [0.25, 0.3) is 0 Å². The highest BCUT2D eigenvalue weighted by molar-refractivity contribution is 5.75. The van der Waals surface area contributed by atoms with E-state index >= 15 is 0 Å². The number of aromatic nitrogens is 2. The van der Waals surface area contributed by atoms with E-state index in [4.69, 9.17) is 9.72 Å². The van der Waals surface area contributed by atoms with Crippen molar-refractivity contribution in [3.63, 3.8) is 0 Å². The van der Waals surface area contributed by atoms with Crippen molar-refractivity contribution in [1.82, 2.24) is 9.38 Å². The molecule has 2 aromatic carbocycles. The lowest BCUT2D eigenvalue weighted by atomic mass is 10.1. The predicted octanol–water partition coefficient (Wildman–Crippen LogP) is 6.12. The summed E-state index contributed by atoms with van der Waals surface area (Å²) in [5.41, 5.74) is 4.48. The third kappa shape index (κ3) is 3.31. The molecule has 0 saturated carbocycles. The van der Waals surface area contributed by atoms with Gasteiger partial charge in [-0.1, -0.05) is 48.5 Å². The zero-order valence-electron chi connectivity index (χ0n) is 15.3. The first-order valence-electron chi connectivity index (χ1n) is 8.94. The number of ether oxygens (including phenoxy) is 1. The number of rotatable bonds is 5. The van der Waals surface area contributed by atoms with E-state index in [1.54, 1.807) is 0 Å². The summed E-state index contributed by atoms with van der Waals surface area (Å²) in [6.45, 7) is 4.58. The number of pyridine rings is 1. The van der Waals surface area contributed by atoms with Gasteiger partial charge in [-0.15, -0.1) is 10.2 Å². The Hall–Kier alpha value is -3.47. The summed E-state index contributed by atoms with van der Waals surface area (Å²) in [7, 11) is 0. The normalized spacial score (nSPS) is 11.3. The molecule has 0 amide bonds. The molecule has 0 bridgehead atoms. The molecule has 0 aliphatic rings. The minimum Gasteiger partial charge on any atom is -0.492 e. The molecule has 0 radical (unpaired) electrons. The first kappa shape index (κ1) is 17.0. The van der Waals surface area contributed by atoms with Crippen LogP contribution in [0.25, 0.3) is 16.9 Å². The Morgan fingerprint density at radius 2 is 1.70 bits per heavy atom. The highest BCUT2D eigenvalue weighted by Gasteiger charge is 2.15. The lowest BCUT2D eigenvalue weighted by Gasteiger charge is -2.05. The number of azo groups is 1. The average Bonchev–Trinajstić information content (AvgIpc) is 3.08. The first-order chi connectivity index (χ1) is 13.3. The van der Waals surface area contributed by atoms with Crippen LogP contribution in [-0.4, -0.2) is 16.0 Å². The van der Waals surface area contributed by atoms with Crippen molar-refractivity contribution in [3.8, 4) is 17.0 Å². The lowest BCUT2D eigenvalue weighted by Crippen LogP contribution is -1.90. The first-order valence-corrected chi connectivity index (χ1v) is 8.94. The molecule has 4 aromatic rings. The number of imidazole rings is 1. The topological polar surface area (TPSA) is 51.2 Å². The number of hydrogen-bond donors (Lipinski definition) is 0. The Balaban J connectivity index is 1.87. The predicted molar refractivity (Wildman–Crippen MR) is 107 cm³/mol. The molecule has 2 aromatic heterocycles. The Morgan fingerprint density at radius 3 is 2.52 bits per heavy atom. The molecule has 0 atom stereocenters. The maximum absolute atomic E-state index is 5.65. The van der Waals surface area contributed by atoms with Crippen LogP contribution in [0.1, 0.15) is 12.5 Å². The van der Waals surface area contributed by atoms with Crippen LogP contribution in [0.3, 0.4) is 0 Å². The van der Waals surface area contributed by atoms with Gasteiger partial charge in [-0.3, -0.25) is 4.40 Å². The summed E-state index contributed by atoms with van der Waals surface area (Å²) in [6, 6.07) is 21.7. The smallest absolute Gasteiger partial charge is 0.187 e. The van der Waals surface area contributed by atoms with Crippen LogP contribution >= 0.6 is 0 Å². The van der Waals surface area contributed by atoms with Crippen LogP contribution in [0, 0.1) is 6.92 Å². The number of nitrogens with zero attached hydrogens (tertiary/aromatic N) is 4. The molecule has 134 valence electrons. The van der Waals surface area contributed by atoms with E-state index in [2.05, 4.69) is 10.2 Å². The van der Waals surface area contributed by atoms with Gasteiger partial charge in [0.2, 0.25) is 0 Å². The minimum atomic E-state index is 0.580. The fourth-order valence-electron chi connectivity index (χ4n) is 3.00. The highest BCUT2D eigenvalue weighted by Crippen LogP contribution is 2.34. The van der Waals surface area contributed by atoms with Crippen LogP contribution in [0.4, 0.5) is 11.5 Å². The van der Waals surface area contributed by atoms with Crippen molar-refractivity contribution in [1.29, 1.82) is 0 Å². The Kier molecular flexibility index (Phi) is 4.66. The summed E-state index contributed by atoms with van der Waals surface area (Å²) >= 11 is 0. The SMILES string of the molecule is CCOc1ccccc1N=Nc1c(-c2ccccc2)nc2c(C)cccn12. The fourth-order valence-corrected chi connectivity index (χ4v) is 3.00. The van der Waals surface area contributed by atoms with Crippen molar-refractivity contribution in [2.75, 3.05) is 6.61 Å². The number of para-hydroxylation sites is 1. The van der Waals surface area contributed by atoms with Crippen LogP contribution < -0.4 is 4.74 Å². The zero-order chi connectivity index (χ0) is 18.6. The van der Waals surface area contributed by atoms with Crippen LogP contribution in [0.5, 0.6) is 5.75 Å². The summed E-state index contributed by atoms with van der Waals surface area (Å²) in [6.07, 6.45) is 1.96. The van der Waals surface area contributed by atoms with Gasteiger partial charge >= 0.3 is 0 Å². The minimum absolute atomic E-state index is 0.580. The maximum Gasteiger partial charge on any atom is 0.187 e. The molecule has 5 heteroatoms. The summed E-state index contributed by atoms with van der Waals surface area (Å²) in [4.78, 5) is 4.83. The quantitative estimate of drug-likeness (QED) is 0.404. The summed E-state index contributed by atoms with van der Waals surface area (Å²) in [5, 5.41) is 9.04. The lowest BCUT2D eigenvalue weighted by molar-refractivity contribution is 0.341. The van der Waals surface area contributed by atoms with Gasteiger partial charge in [0.1, 0.15) is 22.8 Å². The third-order valence-electron chi connectivity index (χ3n) is 4.28. The maximum atomic E-state index is 5.65. The van der Waals surface area contributed by atoms with Gasteiger partial charge in [0.15, 0.2) is 5.82 Å². The van der Waals surface area contributed by atoms with Crippen molar-refractivity contribution in [2.45, 2.75) is 13.8 Å². The molecule has 0 aliphatic heterocycles. The van der Waals surface area contributed by atoms with E-state index in [9.17, 15) is 0 Å². The molecular formula is C22H20N4O. The van der Waals surface area contributed by atoms with Gasteiger partial charge in [-0.25, -0.2) is 4.98 Å². The molecule has 0 saturated heterocycles. The van der Waals surface area contributed by atoms with Crippen LogP contribution in [-0.2, 0) is 0 Å². The molecule has 0 spiro atoms. The van der Waals surface area contributed by atoms with Gasteiger partial charge in [0, 0.05) is 11.8 Å². The number of fused-ring (bicyclic) bond motifs is 1. The second-order valence-electron chi connectivity index (χ2n) is 6.14. The van der Waals surface area contributed by atoms with E-state index in [0.717, 1.165) is 28.2 Å². The monoisotopic (exact) mass is 356 g/mol. The molecule has 2 heterocycles.